The van der Waals surface area contributed by atoms with Gasteiger partial charge in [0.15, 0.2) is 0 Å². The van der Waals surface area contributed by atoms with Crippen LogP contribution in [-0.2, 0) is 9.59 Å². The third kappa shape index (κ3) is 5.84. The van der Waals surface area contributed by atoms with Crippen molar-refractivity contribution in [2.45, 2.75) is 44.6 Å². The van der Waals surface area contributed by atoms with Gasteiger partial charge in [-0.3, -0.25) is 9.59 Å². The number of amides is 1. The predicted octanol–water partition coefficient (Wildman–Crippen LogP) is 5.38. The molecule has 1 fully saturated rings. The van der Waals surface area contributed by atoms with Crippen LogP contribution in [0.1, 0.15) is 55.7 Å². The number of likely N-dealkylation sites (tertiary alicyclic amines) is 1. The highest BCUT2D eigenvalue weighted by molar-refractivity contribution is 5.86. The summed E-state index contributed by atoms with van der Waals surface area (Å²) >= 11 is 0. The molecule has 0 aliphatic carbocycles. The first-order valence-electron chi connectivity index (χ1n) is 12.3. The number of carbonyl (C=O) groups is 2. The Kier molecular flexibility index (Phi) is 7.96. The Bertz CT molecular complexity index is 1110. The van der Waals surface area contributed by atoms with Crippen LogP contribution >= 0.6 is 0 Å². The molecule has 3 atom stereocenters. The summed E-state index contributed by atoms with van der Waals surface area (Å²) in [6.07, 6.45) is 1.67. The molecule has 0 aromatic heterocycles. The normalized spacial score (nSPS) is 19.1. The lowest BCUT2D eigenvalue weighted by Crippen LogP contribution is -2.45. The number of carboxylic acids is 1. The van der Waals surface area contributed by atoms with E-state index < -0.39 is 5.97 Å². The monoisotopic (exact) mass is 458 g/mol. The van der Waals surface area contributed by atoms with Crippen LogP contribution in [0.4, 0.5) is 0 Å². The topological polar surface area (TPSA) is 69.6 Å². The minimum absolute atomic E-state index is 0.0420. The number of hydrogen-bond donors (Lipinski definition) is 2. The number of nitrogens with one attached hydrogen (secondary N) is 1. The molecule has 5 nitrogen and oxygen atoms in total. The fourth-order valence-corrected chi connectivity index (χ4v) is 5.16. The van der Waals surface area contributed by atoms with Crippen LogP contribution in [0.2, 0.25) is 0 Å². The Hall–Kier alpha value is -3.18. The van der Waals surface area contributed by atoms with Crippen LogP contribution in [0.15, 0.2) is 72.8 Å². The second-order valence-corrected chi connectivity index (χ2v) is 9.35. The first-order valence-corrected chi connectivity index (χ1v) is 12.3. The zero-order valence-electron chi connectivity index (χ0n) is 19.8. The Morgan fingerprint density at radius 3 is 2.53 bits per heavy atom. The summed E-state index contributed by atoms with van der Waals surface area (Å²) in [6.45, 7) is 4.51. The molecule has 5 heteroatoms. The maximum Gasteiger partial charge on any atom is 0.303 e. The fourth-order valence-electron chi connectivity index (χ4n) is 5.16. The second kappa shape index (κ2) is 11.3. The first-order chi connectivity index (χ1) is 16.5. The van der Waals surface area contributed by atoms with Gasteiger partial charge in [-0.25, -0.2) is 0 Å². The third-order valence-electron chi connectivity index (χ3n) is 7.09. The number of piperidine rings is 1. The SMILES string of the molecule is C[C@@H](NCC1CCN(C(=O)CCCC(=O)O)CC1c1ccccc1)c1cccc2ccccc12. The van der Waals surface area contributed by atoms with Gasteiger partial charge in [0.25, 0.3) is 0 Å². The highest BCUT2D eigenvalue weighted by Gasteiger charge is 2.32. The lowest BCUT2D eigenvalue weighted by molar-refractivity contribution is -0.137. The van der Waals surface area contributed by atoms with E-state index in [4.69, 9.17) is 5.11 Å². The van der Waals surface area contributed by atoms with Gasteiger partial charge >= 0.3 is 5.97 Å². The minimum atomic E-state index is -0.847. The molecule has 1 amide bonds. The lowest BCUT2D eigenvalue weighted by Gasteiger charge is -2.39. The predicted molar refractivity (Wildman–Crippen MR) is 136 cm³/mol. The van der Waals surface area contributed by atoms with E-state index in [1.165, 1.54) is 21.9 Å². The van der Waals surface area contributed by atoms with Crippen molar-refractivity contribution in [2.75, 3.05) is 19.6 Å². The second-order valence-electron chi connectivity index (χ2n) is 9.35. The van der Waals surface area contributed by atoms with Crippen LogP contribution in [0.25, 0.3) is 10.8 Å². The smallest absolute Gasteiger partial charge is 0.303 e. The number of carboxylic acid groups (broad SMARTS) is 1. The summed E-state index contributed by atoms with van der Waals surface area (Å²) in [4.78, 5) is 25.5. The van der Waals surface area contributed by atoms with Gasteiger partial charge in [0.1, 0.15) is 0 Å². The van der Waals surface area contributed by atoms with Crippen LogP contribution in [0.5, 0.6) is 0 Å². The zero-order valence-corrected chi connectivity index (χ0v) is 19.8. The molecule has 2 unspecified atom stereocenters. The molecule has 0 spiro atoms. The van der Waals surface area contributed by atoms with Crippen molar-refractivity contribution < 1.29 is 14.7 Å². The largest absolute Gasteiger partial charge is 0.481 e. The molecule has 34 heavy (non-hydrogen) atoms. The maximum absolute atomic E-state index is 12.8. The third-order valence-corrected chi connectivity index (χ3v) is 7.09. The Balaban J connectivity index is 1.44. The van der Waals surface area contributed by atoms with Crippen molar-refractivity contribution in [2.24, 2.45) is 5.92 Å². The number of benzene rings is 3. The zero-order chi connectivity index (χ0) is 23.9. The minimum Gasteiger partial charge on any atom is -0.481 e. The molecule has 1 heterocycles. The Morgan fingerprint density at radius 1 is 1.00 bits per heavy atom. The number of rotatable bonds is 9. The van der Waals surface area contributed by atoms with E-state index in [0.29, 0.717) is 25.3 Å². The average Bonchev–Trinajstić information content (AvgIpc) is 2.87. The van der Waals surface area contributed by atoms with Gasteiger partial charge in [0, 0.05) is 37.9 Å². The Labute approximate surface area is 201 Å². The van der Waals surface area contributed by atoms with Gasteiger partial charge in [-0.2, -0.15) is 0 Å². The van der Waals surface area contributed by atoms with E-state index in [-0.39, 0.29) is 24.3 Å². The van der Waals surface area contributed by atoms with E-state index in [0.717, 1.165) is 19.5 Å². The van der Waals surface area contributed by atoms with E-state index in [1.54, 1.807) is 0 Å². The van der Waals surface area contributed by atoms with E-state index in [1.807, 2.05) is 11.0 Å². The van der Waals surface area contributed by atoms with Crippen molar-refractivity contribution in [3.8, 4) is 0 Å². The van der Waals surface area contributed by atoms with Gasteiger partial charge in [-0.05, 0) is 54.1 Å². The van der Waals surface area contributed by atoms with Crippen LogP contribution in [0.3, 0.4) is 0 Å². The summed E-state index contributed by atoms with van der Waals surface area (Å²) in [5.74, 6) is -0.105. The van der Waals surface area contributed by atoms with Gasteiger partial charge < -0.3 is 15.3 Å². The molecule has 1 saturated heterocycles. The van der Waals surface area contributed by atoms with Crippen molar-refractivity contribution in [3.63, 3.8) is 0 Å². The molecule has 0 bridgehead atoms. The molecular weight excluding hydrogens is 424 g/mol. The summed E-state index contributed by atoms with van der Waals surface area (Å²) in [5.41, 5.74) is 2.57. The fraction of sp³-hybridized carbons (Fsp3) is 0.379. The molecule has 178 valence electrons. The molecule has 4 rings (SSSR count). The number of nitrogens with zero attached hydrogens (tertiary/aromatic N) is 1. The number of carbonyl (C=O) groups excluding carboxylic acids is 1. The van der Waals surface area contributed by atoms with Gasteiger partial charge in [0.05, 0.1) is 0 Å². The maximum atomic E-state index is 12.8. The van der Waals surface area contributed by atoms with E-state index in [9.17, 15) is 9.59 Å². The number of fused-ring (bicyclic) bond motifs is 1. The first kappa shape index (κ1) is 24.0. The van der Waals surface area contributed by atoms with Gasteiger partial charge in [-0.15, -0.1) is 0 Å². The van der Waals surface area contributed by atoms with Gasteiger partial charge in [-0.1, -0.05) is 72.8 Å². The summed E-state index contributed by atoms with van der Waals surface area (Å²) < 4.78 is 0. The van der Waals surface area contributed by atoms with Crippen molar-refractivity contribution in [1.29, 1.82) is 0 Å². The summed E-state index contributed by atoms with van der Waals surface area (Å²) in [7, 11) is 0. The average molecular weight is 459 g/mol. The Morgan fingerprint density at radius 2 is 1.74 bits per heavy atom. The molecule has 2 N–H and O–H groups in total. The standard InChI is InChI=1S/C29H34N2O3/c1-21(25-14-7-12-22-11-5-6-13-26(22)25)30-19-24-17-18-31(28(32)15-8-16-29(33)34)20-27(24)23-9-3-2-4-10-23/h2-7,9-14,21,24,27,30H,8,15-20H2,1H3,(H,33,34)/t21-,24?,27?/m1/s1. The highest BCUT2D eigenvalue weighted by Crippen LogP contribution is 2.33. The molecule has 1 aliphatic rings. The van der Waals surface area contributed by atoms with Crippen LogP contribution in [-0.4, -0.2) is 41.5 Å². The molecule has 0 saturated carbocycles. The van der Waals surface area contributed by atoms with Crippen molar-refractivity contribution in [1.82, 2.24) is 10.2 Å². The van der Waals surface area contributed by atoms with Crippen molar-refractivity contribution in [3.05, 3.63) is 83.9 Å². The molecule has 1 aliphatic heterocycles. The summed E-state index contributed by atoms with van der Waals surface area (Å²) in [5, 5.41) is 15.2. The quantitative estimate of drug-likeness (QED) is 0.452. The molecule has 0 radical (unpaired) electrons. The van der Waals surface area contributed by atoms with Crippen LogP contribution < -0.4 is 5.32 Å². The van der Waals surface area contributed by atoms with Crippen LogP contribution in [0, 0.1) is 5.92 Å². The lowest BCUT2D eigenvalue weighted by atomic mass is 9.80. The number of hydrogen-bond acceptors (Lipinski definition) is 3. The molecule has 3 aromatic rings. The van der Waals surface area contributed by atoms with E-state index in [2.05, 4.69) is 79.0 Å². The highest BCUT2D eigenvalue weighted by atomic mass is 16.4. The molecular formula is C29H34N2O3. The molecule has 3 aromatic carbocycles. The van der Waals surface area contributed by atoms with Gasteiger partial charge in [0.2, 0.25) is 5.91 Å². The number of aliphatic carboxylic acids is 1. The van der Waals surface area contributed by atoms with Crippen molar-refractivity contribution >= 4 is 22.6 Å². The summed E-state index contributed by atoms with van der Waals surface area (Å²) in [6, 6.07) is 25.7. The van der Waals surface area contributed by atoms with E-state index >= 15 is 0 Å².